The van der Waals surface area contributed by atoms with Crippen LogP contribution in [0.4, 0.5) is 0 Å². The van der Waals surface area contributed by atoms with Crippen molar-refractivity contribution in [1.82, 2.24) is 0 Å². The molecular weight excluding hydrogens is 936 g/mol. The van der Waals surface area contributed by atoms with Crippen molar-refractivity contribution in [2.45, 2.75) is 63.6 Å². The van der Waals surface area contributed by atoms with Crippen LogP contribution in [0.25, 0.3) is 0 Å². The van der Waals surface area contributed by atoms with Crippen LogP contribution >= 0.6 is 11.8 Å². The van der Waals surface area contributed by atoms with Crippen molar-refractivity contribution in [2.75, 3.05) is 14.2 Å². The fraction of sp³-hybridized carbons (Fsp3) is 0.500. The van der Waals surface area contributed by atoms with Gasteiger partial charge in [0.15, 0.2) is 0 Å². The topological polar surface area (TPSA) is 36.9 Å². The number of benzene rings is 2. The molecule has 2 fully saturated rings. The summed E-state index contributed by atoms with van der Waals surface area (Å²) in [5.41, 5.74) is 0. The summed E-state index contributed by atoms with van der Waals surface area (Å²) in [6.07, 6.45) is 9.90. The second kappa shape index (κ2) is 17.5. The van der Waals surface area contributed by atoms with E-state index in [1.54, 1.807) is 14.2 Å². The van der Waals surface area contributed by atoms with Crippen LogP contribution in [0.15, 0.2) is 48.5 Å². The molecule has 36 heavy (non-hydrogen) atoms. The summed E-state index contributed by atoms with van der Waals surface area (Å²) in [4.78, 5) is 0. The second-order valence-corrected chi connectivity index (χ2v) is 19.4. The molecule has 0 N–H and O–H groups in total. The molecule has 210 valence electrons. The summed E-state index contributed by atoms with van der Waals surface area (Å²) < 4.78 is 22.2. The molecule has 0 aliphatic heterocycles. The zero-order valence-electron chi connectivity index (χ0n) is 20.2. The second-order valence-electron chi connectivity index (χ2n) is 8.41. The van der Waals surface area contributed by atoms with E-state index >= 15 is 0 Å². The molecule has 0 amide bonds. The van der Waals surface area contributed by atoms with Crippen LogP contribution in [0.2, 0.25) is 0 Å². The third-order valence-electron chi connectivity index (χ3n) is 5.96. The molecule has 2 aliphatic carbocycles. The monoisotopic (exact) mass is 968 g/mol. The quantitative estimate of drug-likeness (QED) is 0.175. The van der Waals surface area contributed by atoms with E-state index in [0.717, 1.165) is 47.8 Å². The zero-order valence-corrected chi connectivity index (χ0v) is 29.6. The molecule has 2 radical (unpaired) electrons. The maximum Gasteiger partial charge on any atom is 0.119 e. The molecule has 0 bridgehead atoms. The number of ether oxygens (including phenoxy) is 2. The molecule has 2 saturated carbocycles. The maximum absolute atomic E-state index is 5.96. The number of methoxy groups -OCH3 is 2. The molecule has 0 atom stereocenters. The molecule has 4 nitrogen and oxygen atoms in total. The Morgan fingerprint density at radius 2 is 0.833 bits per heavy atom. The Kier molecular flexibility index (Phi) is 17.4. The summed E-state index contributed by atoms with van der Waals surface area (Å²) in [7, 11) is 3.29. The molecule has 0 heterocycles. The Bertz CT molecular complexity index is 807. The Morgan fingerprint density at radius 1 is 0.556 bits per heavy atom. The molecule has 0 saturated heterocycles. The fourth-order valence-electron chi connectivity index (χ4n) is 4.03. The smallest absolute Gasteiger partial charge is 0.119 e. The summed E-state index contributed by atoms with van der Waals surface area (Å²) in [6, 6.07) is 15.3. The van der Waals surface area contributed by atoms with E-state index in [4.69, 9.17) is 67.5 Å². The number of hydrogen-bond acceptors (Lipinski definition) is 8. The molecule has 2 aromatic rings. The first-order chi connectivity index (χ1) is 16.2. The van der Waals surface area contributed by atoms with Crippen LogP contribution in [0, 0.1) is 0 Å². The minimum atomic E-state index is -2.26. The van der Waals surface area contributed by atoms with Gasteiger partial charge < -0.3 is 58.5 Å². The average Bonchev–Trinajstić information content (AvgIpc) is 3.53. The first kappa shape index (κ1) is 35.7. The molecule has 0 spiro atoms. The van der Waals surface area contributed by atoms with E-state index in [0.29, 0.717) is 0 Å². The summed E-state index contributed by atoms with van der Waals surface area (Å²) in [6.45, 7) is 0. The van der Waals surface area contributed by atoms with Crippen molar-refractivity contribution in [3.05, 3.63) is 48.5 Å². The third-order valence-corrected chi connectivity index (χ3v) is 12.5. The molecule has 2 aromatic carbocycles. The number of rotatable bonds is 8. The van der Waals surface area contributed by atoms with Gasteiger partial charge in [-0.15, -0.1) is 0 Å². The van der Waals surface area contributed by atoms with Crippen molar-refractivity contribution in [3.63, 3.8) is 0 Å². The predicted octanol–water partition coefficient (Wildman–Crippen LogP) is 6.27. The third kappa shape index (κ3) is 11.3. The summed E-state index contributed by atoms with van der Waals surface area (Å²) >= 11 is 22.0. The minimum absolute atomic E-state index is 0. The molecular formula is C24H32Au2O4P2S4-2. The van der Waals surface area contributed by atoms with Gasteiger partial charge in [-0.05, 0) is 74.2 Å². The van der Waals surface area contributed by atoms with Gasteiger partial charge >= 0.3 is 0 Å². The maximum atomic E-state index is 5.96. The van der Waals surface area contributed by atoms with E-state index in [9.17, 15) is 0 Å². The van der Waals surface area contributed by atoms with Crippen molar-refractivity contribution in [1.29, 1.82) is 0 Å². The Hall–Kier alpha value is 1.70. The minimum Gasteiger partial charge on any atom is -0.542 e. The average molecular weight is 969 g/mol. The van der Waals surface area contributed by atoms with Crippen LogP contribution < -0.4 is 20.1 Å². The van der Waals surface area contributed by atoms with E-state index < -0.39 is 11.8 Å². The van der Waals surface area contributed by atoms with Gasteiger partial charge in [0.05, 0.1) is 37.0 Å². The van der Waals surface area contributed by atoms with Gasteiger partial charge in [0.2, 0.25) is 0 Å². The van der Waals surface area contributed by atoms with Gasteiger partial charge in [-0.25, -0.2) is 0 Å². The standard InChI is InChI=1S/2C12H17O2PS2.2Au/c2*1-13-10-6-8-12(9-7-10)15(16,17)14-11-4-2-3-5-11;;/h2*6-9,11H,2-5H2,1H3,(H,16,17);;/p-2. The fourth-order valence-corrected chi connectivity index (χ4v) is 9.43. The normalized spacial score (nSPS) is 16.4. The van der Waals surface area contributed by atoms with Gasteiger partial charge in [0, 0.05) is 44.8 Å². The molecule has 2 aliphatic rings. The Labute approximate surface area is 270 Å². The molecule has 0 unspecified atom stereocenters. The van der Waals surface area contributed by atoms with Crippen LogP contribution in [0.5, 0.6) is 11.5 Å². The predicted molar refractivity (Wildman–Crippen MR) is 155 cm³/mol. The number of hydrogen-bond donors (Lipinski definition) is 0. The SMILES string of the molecule is COc1ccc([P+]([S-])([S-])OC2CCCC2)cc1.COc1ccc([P+]([S-])([S-])OC2CCCC2)cc1.[Au].[Au]. The van der Waals surface area contributed by atoms with Gasteiger partial charge in [-0.2, -0.15) is 0 Å². The Morgan fingerprint density at radius 3 is 1.08 bits per heavy atom. The first-order valence-electron chi connectivity index (χ1n) is 11.5. The first-order valence-corrected chi connectivity index (χ1v) is 19.0. The van der Waals surface area contributed by atoms with Crippen LogP contribution in [-0.4, -0.2) is 26.4 Å². The van der Waals surface area contributed by atoms with Crippen molar-refractivity contribution < 1.29 is 63.3 Å². The van der Waals surface area contributed by atoms with Crippen LogP contribution in [-0.2, 0) is 103 Å². The molecule has 0 aromatic heterocycles. The Balaban J connectivity index is 0.000000341. The van der Waals surface area contributed by atoms with E-state index in [2.05, 4.69) is 0 Å². The van der Waals surface area contributed by atoms with Gasteiger partial charge in [-0.3, -0.25) is 9.05 Å². The van der Waals surface area contributed by atoms with Crippen molar-refractivity contribution >= 4 is 71.4 Å². The van der Waals surface area contributed by atoms with Gasteiger partial charge in [0.25, 0.3) is 0 Å². The summed E-state index contributed by atoms with van der Waals surface area (Å²) in [5.74, 6) is -2.89. The zero-order chi connectivity index (χ0) is 24.6. The van der Waals surface area contributed by atoms with E-state index in [-0.39, 0.29) is 57.0 Å². The summed E-state index contributed by atoms with van der Waals surface area (Å²) in [5, 5.41) is 1.91. The van der Waals surface area contributed by atoms with Gasteiger partial charge in [0.1, 0.15) is 11.5 Å². The largest absolute Gasteiger partial charge is 0.542 e. The molecule has 12 heteroatoms. The van der Waals surface area contributed by atoms with Crippen LogP contribution in [0.1, 0.15) is 51.4 Å². The molecule has 4 rings (SSSR count). The van der Waals surface area contributed by atoms with Gasteiger partial charge in [-0.1, -0.05) is 37.5 Å². The van der Waals surface area contributed by atoms with E-state index in [1.807, 2.05) is 48.5 Å². The van der Waals surface area contributed by atoms with Crippen LogP contribution in [0.3, 0.4) is 0 Å². The van der Waals surface area contributed by atoms with Crippen molar-refractivity contribution in [3.8, 4) is 11.5 Å². The van der Waals surface area contributed by atoms with Crippen molar-refractivity contribution in [2.24, 2.45) is 0 Å². The van der Waals surface area contributed by atoms with E-state index in [1.165, 1.54) is 25.7 Å².